The van der Waals surface area contributed by atoms with Gasteiger partial charge in [0.15, 0.2) is 11.5 Å². The van der Waals surface area contributed by atoms with Crippen molar-refractivity contribution < 1.29 is 19.2 Å². The van der Waals surface area contributed by atoms with Crippen LogP contribution in [0.15, 0.2) is 42.5 Å². The van der Waals surface area contributed by atoms with E-state index in [9.17, 15) is 19.6 Å². The van der Waals surface area contributed by atoms with Crippen LogP contribution in [0.2, 0.25) is 0 Å². The van der Waals surface area contributed by atoms with E-state index in [0.717, 1.165) is 6.07 Å². The molecule has 0 atom stereocenters. The molecule has 0 unspecified atom stereocenters. The van der Waals surface area contributed by atoms with Crippen molar-refractivity contribution in [1.29, 1.82) is 0 Å². The zero-order valence-corrected chi connectivity index (χ0v) is 9.04. The lowest BCUT2D eigenvalue weighted by molar-refractivity contribution is -0.388. The van der Waals surface area contributed by atoms with Crippen LogP contribution < -0.4 is 4.74 Å². The summed E-state index contributed by atoms with van der Waals surface area (Å²) in [5.74, 6) is -1.42. The van der Waals surface area contributed by atoms with Crippen molar-refractivity contribution >= 4 is 5.69 Å². The van der Waals surface area contributed by atoms with Crippen LogP contribution in [-0.2, 0) is 0 Å². The van der Waals surface area contributed by atoms with E-state index in [4.69, 9.17) is 4.74 Å². The van der Waals surface area contributed by atoms with Crippen molar-refractivity contribution in [2.75, 3.05) is 0 Å². The molecule has 2 aromatic rings. The molecule has 0 aromatic heterocycles. The third-order valence-electron chi connectivity index (χ3n) is 2.22. The molecule has 2 aromatic carbocycles. The number of phenolic OH excluding ortho intramolecular Hbond substituents is 1. The molecule has 0 radical (unpaired) electrons. The van der Waals surface area contributed by atoms with Gasteiger partial charge < -0.3 is 9.84 Å². The van der Waals surface area contributed by atoms with Gasteiger partial charge in [0.05, 0.1) is 4.92 Å². The van der Waals surface area contributed by atoms with Gasteiger partial charge in [0, 0.05) is 0 Å². The average Bonchev–Trinajstić information content (AvgIpc) is 2.31. The summed E-state index contributed by atoms with van der Waals surface area (Å²) in [5.41, 5.74) is -0.763. The zero-order valence-electron chi connectivity index (χ0n) is 9.04. The molecule has 0 spiro atoms. The highest BCUT2D eigenvalue weighted by molar-refractivity contribution is 5.51. The second kappa shape index (κ2) is 4.70. The molecule has 0 saturated heterocycles. The molecule has 5 nitrogen and oxygen atoms in total. The maximum atomic E-state index is 13.3. The fraction of sp³-hybridized carbons (Fsp3) is 0. The Bertz CT molecular complexity index is 600. The lowest BCUT2D eigenvalue weighted by atomic mass is 10.2. The van der Waals surface area contributed by atoms with Crippen LogP contribution in [0.3, 0.4) is 0 Å². The highest BCUT2D eigenvalue weighted by atomic mass is 19.1. The van der Waals surface area contributed by atoms with Crippen molar-refractivity contribution in [3.05, 3.63) is 58.4 Å². The summed E-state index contributed by atoms with van der Waals surface area (Å²) in [6.45, 7) is 0. The minimum Gasteiger partial charge on any atom is -0.504 e. The van der Waals surface area contributed by atoms with E-state index in [-0.39, 0.29) is 17.2 Å². The summed E-state index contributed by atoms with van der Waals surface area (Å²) >= 11 is 0. The Labute approximate surface area is 101 Å². The molecule has 0 aliphatic heterocycles. The molecule has 0 aliphatic carbocycles. The Balaban J connectivity index is 2.44. The Morgan fingerprint density at radius 3 is 2.44 bits per heavy atom. The van der Waals surface area contributed by atoms with E-state index in [0.29, 0.717) is 0 Å². The van der Waals surface area contributed by atoms with Crippen molar-refractivity contribution in [3.63, 3.8) is 0 Å². The van der Waals surface area contributed by atoms with Gasteiger partial charge in [-0.3, -0.25) is 10.1 Å². The van der Waals surface area contributed by atoms with Crippen LogP contribution in [0.1, 0.15) is 0 Å². The number of nitro groups is 1. The van der Waals surface area contributed by atoms with E-state index in [1.165, 1.54) is 24.3 Å². The number of aromatic hydroxyl groups is 1. The van der Waals surface area contributed by atoms with E-state index >= 15 is 0 Å². The van der Waals surface area contributed by atoms with Crippen LogP contribution in [0.25, 0.3) is 0 Å². The number of hydrogen-bond acceptors (Lipinski definition) is 4. The third-order valence-corrected chi connectivity index (χ3v) is 2.22. The van der Waals surface area contributed by atoms with Gasteiger partial charge in [-0.15, -0.1) is 0 Å². The number of halogens is 1. The molecule has 18 heavy (non-hydrogen) atoms. The molecule has 92 valence electrons. The second-order valence-corrected chi connectivity index (χ2v) is 3.41. The van der Waals surface area contributed by atoms with Crippen LogP contribution in [0.5, 0.6) is 17.2 Å². The first-order valence-electron chi connectivity index (χ1n) is 4.98. The average molecular weight is 249 g/mol. The van der Waals surface area contributed by atoms with Crippen LogP contribution in [0.4, 0.5) is 10.1 Å². The van der Waals surface area contributed by atoms with Crippen LogP contribution >= 0.6 is 0 Å². The highest BCUT2D eigenvalue weighted by Gasteiger charge is 2.22. The first-order valence-corrected chi connectivity index (χ1v) is 4.98. The van der Waals surface area contributed by atoms with Gasteiger partial charge in [-0.2, -0.15) is 4.39 Å². The zero-order chi connectivity index (χ0) is 13.1. The predicted molar refractivity (Wildman–Crippen MR) is 61.2 cm³/mol. The van der Waals surface area contributed by atoms with Gasteiger partial charge in [-0.25, -0.2) is 0 Å². The van der Waals surface area contributed by atoms with Crippen LogP contribution in [0, 0.1) is 15.9 Å². The monoisotopic (exact) mass is 249 g/mol. The Kier molecular flexibility index (Phi) is 3.09. The van der Waals surface area contributed by atoms with Crippen molar-refractivity contribution in [1.82, 2.24) is 0 Å². The summed E-state index contributed by atoms with van der Waals surface area (Å²) in [6.07, 6.45) is 0. The largest absolute Gasteiger partial charge is 0.504 e. The number of phenols is 1. The lowest BCUT2D eigenvalue weighted by Gasteiger charge is -2.07. The van der Waals surface area contributed by atoms with Gasteiger partial charge in [-0.05, 0) is 24.3 Å². The molecule has 0 bridgehead atoms. The van der Waals surface area contributed by atoms with E-state index in [1.54, 1.807) is 12.1 Å². The number of para-hydroxylation sites is 3. The van der Waals surface area contributed by atoms with Gasteiger partial charge in [0.25, 0.3) is 0 Å². The standard InChI is InChI=1S/C12H8FNO4/c13-8-4-3-7-11(12(8)14(16)17)18-10-6-2-1-5-9(10)15/h1-7,15H. The lowest BCUT2D eigenvalue weighted by Crippen LogP contribution is -1.96. The Morgan fingerprint density at radius 1 is 1.11 bits per heavy atom. The number of nitro benzene ring substituents is 1. The fourth-order valence-electron chi connectivity index (χ4n) is 1.42. The molecule has 0 saturated carbocycles. The number of benzene rings is 2. The smallest absolute Gasteiger partial charge is 0.346 e. The molecule has 0 heterocycles. The van der Waals surface area contributed by atoms with Gasteiger partial charge in [0.1, 0.15) is 0 Å². The van der Waals surface area contributed by atoms with Crippen molar-refractivity contribution in [3.8, 4) is 17.2 Å². The van der Waals surface area contributed by atoms with E-state index < -0.39 is 16.4 Å². The quantitative estimate of drug-likeness (QED) is 0.669. The van der Waals surface area contributed by atoms with Crippen LogP contribution in [-0.4, -0.2) is 10.0 Å². The molecule has 6 heteroatoms. The van der Waals surface area contributed by atoms with E-state index in [1.807, 2.05) is 0 Å². The van der Waals surface area contributed by atoms with Crippen molar-refractivity contribution in [2.24, 2.45) is 0 Å². The molecular formula is C12H8FNO4. The van der Waals surface area contributed by atoms with Gasteiger partial charge >= 0.3 is 5.69 Å². The Morgan fingerprint density at radius 2 is 1.78 bits per heavy atom. The summed E-state index contributed by atoms with van der Waals surface area (Å²) < 4.78 is 18.5. The summed E-state index contributed by atoms with van der Waals surface area (Å²) in [6, 6.07) is 9.45. The first-order chi connectivity index (χ1) is 8.59. The van der Waals surface area contributed by atoms with Crippen molar-refractivity contribution in [2.45, 2.75) is 0 Å². The minimum absolute atomic E-state index is 0.0196. The number of rotatable bonds is 3. The number of ether oxygens (including phenoxy) is 1. The van der Waals surface area contributed by atoms with E-state index in [2.05, 4.69) is 0 Å². The number of hydrogen-bond donors (Lipinski definition) is 1. The predicted octanol–water partition coefficient (Wildman–Crippen LogP) is 3.23. The van der Waals surface area contributed by atoms with Gasteiger partial charge in [-0.1, -0.05) is 18.2 Å². The fourth-order valence-corrected chi connectivity index (χ4v) is 1.42. The molecular weight excluding hydrogens is 241 g/mol. The number of nitrogens with zero attached hydrogens (tertiary/aromatic N) is 1. The SMILES string of the molecule is O=[N+]([O-])c1c(F)cccc1Oc1ccccc1O. The summed E-state index contributed by atoms with van der Waals surface area (Å²) in [7, 11) is 0. The molecule has 2 rings (SSSR count). The molecule has 0 amide bonds. The second-order valence-electron chi connectivity index (χ2n) is 3.41. The Hall–Kier alpha value is -2.63. The summed E-state index contributed by atoms with van der Waals surface area (Å²) in [4.78, 5) is 9.87. The topological polar surface area (TPSA) is 72.6 Å². The normalized spacial score (nSPS) is 10.1. The maximum absolute atomic E-state index is 13.3. The molecule has 0 fully saturated rings. The minimum atomic E-state index is -0.993. The molecule has 0 aliphatic rings. The third kappa shape index (κ3) is 2.22. The molecule has 1 N–H and O–H groups in total. The van der Waals surface area contributed by atoms with Gasteiger partial charge in [0.2, 0.25) is 11.6 Å². The highest BCUT2D eigenvalue weighted by Crippen LogP contribution is 2.36. The maximum Gasteiger partial charge on any atom is 0.346 e. The summed E-state index contributed by atoms with van der Waals surface area (Å²) in [5, 5.41) is 20.2. The first kappa shape index (κ1) is 11.8.